The predicted octanol–water partition coefficient (Wildman–Crippen LogP) is 2.31. The number of aromatic carboxylic acids is 1. The molecule has 2 heterocycles. The lowest BCUT2D eigenvalue weighted by molar-refractivity contribution is 0.0657. The van der Waals surface area contributed by atoms with E-state index < -0.39 is 5.97 Å². The molecular weight excluding hydrogens is 244 g/mol. The fourth-order valence-corrected chi connectivity index (χ4v) is 1.96. The number of hydrogen-bond acceptors (Lipinski definition) is 4. The number of carboxylic acid groups (broad SMARTS) is 1. The van der Waals surface area contributed by atoms with Crippen LogP contribution in [0.25, 0.3) is 0 Å². The topological polar surface area (TPSA) is 66.6 Å². The maximum atomic E-state index is 10.9. The van der Waals surface area contributed by atoms with Crippen LogP contribution in [0.4, 0.5) is 0 Å². The predicted molar refractivity (Wildman–Crippen MR) is 69.8 cm³/mol. The van der Waals surface area contributed by atoms with Crippen LogP contribution in [0.1, 0.15) is 27.4 Å². The molecule has 0 saturated heterocycles. The van der Waals surface area contributed by atoms with E-state index in [0.717, 1.165) is 12.1 Å². The van der Waals surface area contributed by atoms with Gasteiger partial charge in [0.2, 0.25) is 5.76 Å². The van der Waals surface area contributed by atoms with Crippen molar-refractivity contribution in [3.63, 3.8) is 0 Å². The first-order chi connectivity index (χ1) is 9.06. The minimum atomic E-state index is -1.03. The molecule has 2 aromatic rings. The Morgan fingerprint density at radius 2 is 2.05 bits per heavy atom. The number of pyridine rings is 1. The standard InChI is InChI=1S/C14H16N2O3/c1-10-7-12(19-13(10)14(17)18)9-16(2)8-11-3-5-15-6-4-11/h3-7H,8-9H2,1-2H3,(H,17,18). The summed E-state index contributed by atoms with van der Waals surface area (Å²) in [6.07, 6.45) is 3.51. The maximum Gasteiger partial charge on any atom is 0.372 e. The van der Waals surface area contributed by atoms with Gasteiger partial charge >= 0.3 is 5.97 Å². The summed E-state index contributed by atoms with van der Waals surface area (Å²) in [5, 5.41) is 8.93. The number of carbonyl (C=O) groups is 1. The number of aromatic nitrogens is 1. The van der Waals surface area contributed by atoms with Crippen molar-refractivity contribution in [1.82, 2.24) is 9.88 Å². The monoisotopic (exact) mass is 260 g/mol. The molecule has 0 amide bonds. The van der Waals surface area contributed by atoms with E-state index in [2.05, 4.69) is 9.88 Å². The summed E-state index contributed by atoms with van der Waals surface area (Å²) < 4.78 is 5.33. The van der Waals surface area contributed by atoms with Crippen molar-refractivity contribution < 1.29 is 14.3 Å². The zero-order valence-electron chi connectivity index (χ0n) is 11.0. The largest absolute Gasteiger partial charge is 0.475 e. The molecule has 100 valence electrons. The van der Waals surface area contributed by atoms with E-state index in [-0.39, 0.29) is 5.76 Å². The number of hydrogen-bond donors (Lipinski definition) is 1. The van der Waals surface area contributed by atoms with Crippen molar-refractivity contribution in [2.24, 2.45) is 0 Å². The van der Waals surface area contributed by atoms with Crippen molar-refractivity contribution in [3.8, 4) is 0 Å². The van der Waals surface area contributed by atoms with Crippen LogP contribution in [-0.2, 0) is 13.1 Å². The van der Waals surface area contributed by atoms with Gasteiger partial charge in [-0.25, -0.2) is 4.79 Å². The summed E-state index contributed by atoms with van der Waals surface area (Å²) in [6, 6.07) is 5.67. The van der Waals surface area contributed by atoms with Gasteiger partial charge < -0.3 is 9.52 Å². The summed E-state index contributed by atoms with van der Waals surface area (Å²) >= 11 is 0. The quantitative estimate of drug-likeness (QED) is 0.893. The highest BCUT2D eigenvalue weighted by Crippen LogP contribution is 2.16. The Kier molecular flexibility index (Phi) is 3.97. The van der Waals surface area contributed by atoms with E-state index in [1.807, 2.05) is 19.2 Å². The number of rotatable bonds is 5. The van der Waals surface area contributed by atoms with E-state index in [1.165, 1.54) is 0 Å². The second-order valence-electron chi connectivity index (χ2n) is 4.56. The van der Waals surface area contributed by atoms with E-state index in [9.17, 15) is 4.79 Å². The molecule has 0 aliphatic rings. The molecule has 0 fully saturated rings. The molecule has 2 rings (SSSR count). The van der Waals surface area contributed by atoms with Gasteiger partial charge in [-0.3, -0.25) is 9.88 Å². The van der Waals surface area contributed by atoms with Crippen molar-refractivity contribution >= 4 is 5.97 Å². The summed E-state index contributed by atoms with van der Waals surface area (Å²) in [6.45, 7) is 3.06. The lowest BCUT2D eigenvalue weighted by atomic mass is 10.2. The van der Waals surface area contributed by atoms with Gasteiger partial charge in [-0.2, -0.15) is 0 Å². The van der Waals surface area contributed by atoms with Crippen molar-refractivity contribution in [2.75, 3.05) is 7.05 Å². The molecule has 0 saturated carbocycles. The molecule has 5 nitrogen and oxygen atoms in total. The molecule has 0 bridgehead atoms. The fraction of sp³-hybridized carbons (Fsp3) is 0.286. The molecule has 1 N–H and O–H groups in total. The Hall–Kier alpha value is -2.14. The highest BCUT2D eigenvalue weighted by Gasteiger charge is 2.15. The normalized spacial score (nSPS) is 10.9. The van der Waals surface area contributed by atoms with Gasteiger partial charge in [-0.1, -0.05) is 0 Å². The van der Waals surface area contributed by atoms with E-state index in [4.69, 9.17) is 9.52 Å². The van der Waals surface area contributed by atoms with Gasteiger partial charge in [0, 0.05) is 24.5 Å². The van der Waals surface area contributed by atoms with Crippen LogP contribution < -0.4 is 0 Å². The van der Waals surface area contributed by atoms with Gasteiger partial charge in [-0.05, 0) is 37.7 Å². The Morgan fingerprint density at radius 1 is 1.37 bits per heavy atom. The highest BCUT2D eigenvalue weighted by molar-refractivity contribution is 5.86. The van der Waals surface area contributed by atoms with Gasteiger partial charge in [0.15, 0.2) is 0 Å². The molecule has 2 aromatic heterocycles. The number of carboxylic acids is 1. The second kappa shape index (κ2) is 5.67. The van der Waals surface area contributed by atoms with E-state index in [0.29, 0.717) is 17.9 Å². The zero-order chi connectivity index (χ0) is 13.8. The van der Waals surface area contributed by atoms with Crippen molar-refractivity contribution in [1.29, 1.82) is 0 Å². The van der Waals surface area contributed by atoms with Crippen LogP contribution in [0, 0.1) is 6.92 Å². The van der Waals surface area contributed by atoms with E-state index >= 15 is 0 Å². The smallest absolute Gasteiger partial charge is 0.372 e. The average molecular weight is 260 g/mol. The first-order valence-electron chi connectivity index (χ1n) is 5.96. The van der Waals surface area contributed by atoms with Gasteiger partial charge in [-0.15, -0.1) is 0 Å². The third kappa shape index (κ3) is 3.42. The lowest BCUT2D eigenvalue weighted by Gasteiger charge is -2.14. The van der Waals surface area contributed by atoms with Crippen LogP contribution in [-0.4, -0.2) is 28.0 Å². The fourth-order valence-electron chi connectivity index (χ4n) is 1.96. The number of aryl methyl sites for hydroxylation is 1. The van der Waals surface area contributed by atoms with Crippen LogP contribution in [0.2, 0.25) is 0 Å². The molecule has 0 radical (unpaired) electrons. The molecule has 0 aromatic carbocycles. The first kappa shape index (κ1) is 13.3. The molecule has 19 heavy (non-hydrogen) atoms. The third-order valence-electron chi connectivity index (χ3n) is 2.79. The van der Waals surface area contributed by atoms with Gasteiger partial charge in [0.05, 0.1) is 6.54 Å². The molecule has 5 heteroatoms. The molecule has 0 atom stereocenters. The third-order valence-corrected chi connectivity index (χ3v) is 2.79. The molecule has 0 spiro atoms. The summed E-state index contributed by atoms with van der Waals surface area (Å²) in [7, 11) is 1.96. The van der Waals surface area contributed by atoms with Gasteiger partial charge in [0.1, 0.15) is 5.76 Å². The summed E-state index contributed by atoms with van der Waals surface area (Å²) in [5.41, 5.74) is 1.80. The van der Waals surface area contributed by atoms with Crippen LogP contribution in [0.15, 0.2) is 35.0 Å². The second-order valence-corrected chi connectivity index (χ2v) is 4.56. The molecular formula is C14H16N2O3. The summed E-state index contributed by atoms with van der Waals surface area (Å²) in [5.74, 6) is -0.348. The number of furan rings is 1. The minimum absolute atomic E-state index is 0.0207. The lowest BCUT2D eigenvalue weighted by Crippen LogP contribution is -2.16. The Balaban J connectivity index is 2.01. The van der Waals surface area contributed by atoms with E-state index in [1.54, 1.807) is 25.4 Å². The maximum absolute atomic E-state index is 10.9. The molecule has 0 aliphatic heterocycles. The first-order valence-corrected chi connectivity index (χ1v) is 5.96. The zero-order valence-corrected chi connectivity index (χ0v) is 11.0. The van der Waals surface area contributed by atoms with Crippen LogP contribution in [0.3, 0.4) is 0 Å². The Labute approximate surface area is 111 Å². The molecule has 0 aliphatic carbocycles. The van der Waals surface area contributed by atoms with Crippen LogP contribution in [0.5, 0.6) is 0 Å². The minimum Gasteiger partial charge on any atom is -0.475 e. The SMILES string of the molecule is Cc1cc(CN(C)Cc2ccncc2)oc1C(=O)O. The van der Waals surface area contributed by atoms with Crippen molar-refractivity contribution in [2.45, 2.75) is 20.0 Å². The van der Waals surface area contributed by atoms with Crippen LogP contribution >= 0.6 is 0 Å². The van der Waals surface area contributed by atoms with Gasteiger partial charge in [0.25, 0.3) is 0 Å². The number of nitrogens with zero attached hydrogens (tertiary/aromatic N) is 2. The van der Waals surface area contributed by atoms with Crippen molar-refractivity contribution in [3.05, 3.63) is 53.2 Å². The Bertz CT molecular complexity index is 563. The molecule has 0 unspecified atom stereocenters. The average Bonchev–Trinajstić information content (AvgIpc) is 2.71. The highest BCUT2D eigenvalue weighted by atomic mass is 16.4. The summed E-state index contributed by atoms with van der Waals surface area (Å²) in [4.78, 5) is 16.9. The Morgan fingerprint density at radius 3 is 2.63 bits per heavy atom.